The molecule has 0 aliphatic heterocycles. The second kappa shape index (κ2) is 8.42. The molecular formula is C30H30O7. The van der Waals surface area contributed by atoms with E-state index in [2.05, 4.69) is 0 Å². The summed E-state index contributed by atoms with van der Waals surface area (Å²) < 4.78 is 0. The van der Waals surface area contributed by atoms with Crippen molar-refractivity contribution < 1.29 is 34.8 Å². The number of carbonyl (C=O) groups excluding carboxylic acids is 3. The number of rotatable bonds is 3. The monoisotopic (exact) mass is 502 g/mol. The SMILES string of the molecule is CC(=O)C1=C(O)C(C(C)C)[C@H]2C[C@H]3Cc4c(-c5ccc(C)cc5)ccc(O)c4C(=O)C3=C(O)[C@@]2(O)C1=O. The van der Waals surface area contributed by atoms with Gasteiger partial charge >= 0.3 is 0 Å². The summed E-state index contributed by atoms with van der Waals surface area (Å²) >= 11 is 0. The fourth-order valence-electron chi connectivity index (χ4n) is 6.60. The molecule has 4 atom stereocenters. The van der Waals surface area contributed by atoms with E-state index in [4.69, 9.17) is 0 Å². The van der Waals surface area contributed by atoms with Crippen LogP contribution in [0.3, 0.4) is 0 Å². The van der Waals surface area contributed by atoms with Crippen molar-refractivity contribution in [3.63, 3.8) is 0 Å². The van der Waals surface area contributed by atoms with E-state index >= 15 is 0 Å². The van der Waals surface area contributed by atoms with Gasteiger partial charge in [-0.1, -0.05) is 49.7 Å². The molecule has 0 saturated heterocycles. The van der Waals surface area contributed by atoms with Gasteiger partial charge in [0.1, 0.15) is 22.8 Å². The number of fused-ring (bicyclic) bond motifs is 3. The van der Waals surface area contributed by atoms with Gasteiger partial charge in [-0.25, -0.2) is 0 Å². The number of phenols is 1. The number of hydrogen-bond acceptors (Lipinski definition) is 7. The minimum Gasteiger partial charge on any atom is -0.511 e. The maximum atomic E-state index is 13.8. The van der Waals surface area contributed by atoms with Gasteiger partial charge in [-0.15, -0.1) is 0 Å². The highest BCUT2D eigenvalue weighted by atomic mass is 16.3. The maximum absolute atomic E-state index is 13.8. The predicted octanol–water partition coefficient (Wildman–Crippen LogP) is 4.54. The highest BCUT2D eigenvalue weighted by Crippen LogP contribution is 2.55. The highest BCUT2D eigenvalue weighted by Gasteiger charge is 2.62. The van der Waals surface area contributed by atoms with Crippen molar-refractivity contribution in [2.24, 2.45) is 23.7 Å². The topological polar surface area (TPSA) is 132 Å². The van der Waals surface area contributed by atoms with Crippen molar-refractivity contribution in [2.75, 3.05) is 0 Å². The largest absolute Gasteiger partial charge is 0.511 e. The molecule has 192 valence electrons. The Morgan fingerprint density at radius 2 is 1.68 bits per heavy atom. The average Bonchev–Trinajstić information content (AvgIpc) is 2.82. The predicted molar refractivity (Wildman–Crippen MR) is 136 cm³/mol. The Balaban J connectivity index is 1.72. The normalized spacial score (nSPS) is 27.2. The van der Waals surface area contributed by atoms with Crippen LogP contribution in [0.4, 0.5) is 0 Å². The zero-order valence-electron chi connectivity index (χ0n) is 21.2. The Kier molecular flexibility index (Phi) is 5.68. The molecule has 4 N–H and O–H groups in total. The lowest BCUT2D eigenvalue weighted by molar-refractivity contribution is -0.149. The summed E-state index contributed by atoms with van der Waals surface area (Å²) in [5.74, 6) is -6.43. The highest BCUT2D eigenvalue weighted by molar-refractivity contribution is 6.25. The molecule has 0 bridgehead atoms. The molecule has 37 heavy (non-hydrogen) atoms. The minimum absolute atomic E-state index is 0.0340. The molecule has 0 spiro atoms. The molecule has 0 aromatic heterocycles. The lowest BCUT2D eigenvalue weighted by atomic mass is 9.55. The first kappa shape index (κ1) is 25.0. The van der Waals surface area contributed by atoms with Crippen LogP contribution < -0.4 is 0 Å². The second-order valence-corrected chi connectivity index (χ2v) is 10.9. The van der Waals surface area contributed by atoms with Crippen molar-refractivity contribution in [3.8, 4) is 16.9 Å². The van der Waals surface area contributed by atoms with E-state index in [1.165, 1.54) is 6.07 Å². The van der Waals surface area contributed by atoms with Crippen molar-refractivity contribution in [1.29, 1.82) is 0 Å². The Bertz CT molecular complexity index is 1430. The number of aliphatic hydroxyl groups is 3. The van der Waals surface area contributed by atoms with Gasteiger partial charge in [0, 0.05) is 17.4 Å². The van der Waals surface area contributed by atoms with Crippen molar-refractivity contribution in [3.05, 3.63) is 75.8 Å². The lowest BCUT2D eigenvalue weighted by Crippen LogP contribution is -2.60. The van der Waals surface area contributed by atoms with Crippen LogP contribution in [0.2, 0.25) is 0 Å². The summed E-state index contributed by atoms with van der Waals surface area (Å²) in [5, 5.41) is 44.8. The number of allylic oxidation sites excluding steroid dienone is 2. The second-order valence-electron chi connectivity index (χ2n) is 10.9. The molecule has 1 unspecified atom stereocenters. The Hall–Kier alpha value is -3.71. The summed E-state index contributed by atoms with van der Waals surface area (Å²) in [6.07, 6.45) is 0.418. The lowest BCUT2D eigenvalue weighted by Gasteiger charge is -2.50. The van der Waals surface area contributed by atoms with Gasteiger partial charge in [-0.05, 0) is 61.3 Å². The number of aryl methyl sites for hydroxylation is 1. The third-order valence-electron chi connectivity index (χ3n) is 8.32. The number of phenolic OH excluding ortho intramolecular Hbond substituents is 1. The van der Waals surface area contributed by atoms with E-state index in [9.17, 15) is 34.8 Å². The Labute approximate surface area is 214 Å². The molecule has 2 aromatic carbocycles. The molecule has 0 radical (unpaired) electrons. The zero-order valence-corrected chi connectivity index (χ0v) is 21.2. The fraction of sp³-hybridized carbons (Fsp3) is 0.367. The number of aliphatic hydroxyl groups excluding tert-OH is 2. The quantitative estimate of drug-likeness (QED) is 0.453. The molecule has 3 aliphatic rings. The molecule has 0 amide bonds. The third kappa shape index (κ3) is 3.40. The summed E-state index contributed by atoms with van der Waals surface area (Å²) in [6.45, 7) is 6.70. The van der Waals surface area contributed by atoms with Gasteiger partial charge in [-0.2, -0.15) is 0 Å². The molecular weight excluding hydrogens is 472 g/mol. The van der Waals surface area contributed by atoms with E-state index in [0.29, 0.717) is 5.56 Å². The number of aromatic hydroxyl groups is 1. The number of hydrogen-bond donors (Lipinski definition) is 4. The van der Waals surface area contributed by atoms with Crippen LogP contribution >= 0.6 is 0 Å². The average molecular weight is 503 g/mol. The van der Waals surface area contributed by atoms with Crippen LogP contribution in [0.25, 0.3) is 11.1 Å². The van der Waals surface area contributed by atoms with Crippen molar-refractivity contribution in [2.45, 2.75) is 46.1 Å². The molecule has 7 nitrogen and oxygen atoms in total. The molecule has 0 saturated carbocycles. The van der Waals surface area contributed by atoms with E-state index in [-0.39, 0.29) is 41.4 Å². The first-order valence-electron chi connectivity index (χ1n) is 12.5. The number of carbonyl (C=O) groups is 3. The van der Waals surface area contributed by atoms with Gasteiger partial charge in [0.2, 0.25) is 5.78 Å². The van der Waals surface area contributed by atoms with Crippen LogP contribution in [0, 0.1) is 30.6 Å². The summed E-state index contributed by atoms with van der Waals surface area (Å²) in [7, 11) is 0. The number of Topliss-reactive ketones (excluding diaryl/α,β-unsaturated/α-hetero) is 3. The number of ketones is 3. The van der Waals surface area contributed by atoms with Crippen LogP contribution in [-0.4, -0.2) is 43.4 Å². The van der Waals surface area contributed by atoms with Crippen LogP contribution in [0.1, 0.15) is 48.7 Å². The van der Waals surface area contributed by atoms with Crippen molar-refractivity contribution in [1.82, 2.24) is 0 Å². The number of benzene rings is 2. The summed E-state index contributed by atoms with van der Waals surface area (Å²) in [5.41, 5.74) is 0.207. The van der Waals surface area contributed by atoms with Gasteiger partial charge < -0.3 is 20.4 Å². The first-order chi connectivity index (χ1) is 17.4. The van der Waals surface area contributed by atoms with Crippen LogP contribution in [0.5, 0.6) is 5.75 Å². The summed E-state index contributed by atoms with van der Waals surface area (Å²) in [6, 6.07) is 11.0. The van der Waals surface area contributed by atoms with E-state index in [1.807, 2.05) is 31.2 Å². The van der Waals surface area contributed by atoms with Gasteiger partial charge in [0.15, 0.2) is 17.2 Å². The molecule has 0 fully saturated rings. The van der Waals surface area contributed by atoms with E-state index in [0.717, 1.165) is 23.6 Å². The maximum Gasteiger partial charge on any atom is 0.209 e. The molecule has 7 heteroatoms. The Morgan fingerprint density at radius 1 is 1.03 bits per heavy atom. The molecule has 0 heterocycles. The standard InChI is InChI=1S/C30H30O7/c1-13(2)22-20-12-17-11-19-18(16-7-5-14(3)6-8-16)9-10-21(32)25(19)27(34)24(17)29(36)30(20,37)28(35)23(15(4)31)26(22)33/h5-10,13,17,20,22,32-33,36-37H,11-12H2,1-4H3/t17-,20-,22?,30+/m1/s1. The summed E-state index contributed by atoms with van der Waals surface area (Å²) in [4.78, 5) is 39.6. The Morgan fingerprint density at radius 3 is 2.27 bits per heavy atom. The van der Waals surface area contributed by atoms with Crippen LogP contribution in [0.15, 0.2) is 59.1 Å². The van der Waals surface area contributed by atoms with Gasteiger partial charge in [-0.3, -0.25) is 14.4 Å². The molecule has 2 aromatic rings. The van der Waals surface area contributed by atoms with Gasteiger partial charge in [0.05, 0.1) is 5.56 Å². The van der Waals surface area contributed by atoms with E-state index in [1.54, 1.807) is 19.9 Å². The molecule has 5 rings (SSSR count). The first-order valence-corrected chi connectivity index (χ1v) is 12.5. The smallest absolute Gasteiger partial charge is 0.209 e. The zero-order chi connectivity index (χ0) is 27.0. The van der Waals surface area contributed by atoms with Crippen molar-refractivity contribution >= 4 is 17.3 Å². The third-order valence-corrected chi connectivity index (χ3v) is 8.32. The van der Waals surface area contributed by atoms with Gasteiger partial charge in [0.25, 0.3) is 0 Å². The fourth-order valence-corrected chi connectivity index (χ4v) is 6.60. The minimum atomic E-state index is -2.52. The molecule has 3 aliphatic carbocycles. The van der Waals surface area contributed by atoms with Crippen LogP contribution in [-0.2, 0) is 16.0 Å². The van der Waals surface area contributed by atoms with E-state index < -0.39 is 52.0 Å².